The maximum absolute atomic E-state index is 12.5. The first-order valence-corrected chi connectivity index (χ1v) is 7.74. The molecule has 0 unspecified atom stereocenters. The molecular weight excluding hydrogens is 324 g/mol. The lowest BCUT2D eigenvalue weighted by molar-refractivity contribution is 0.0529. The van der Waals surface area contributed by atoms with Gasteiger partial charge in [-0.3, -0.25) is 0 Å². The average molecular weight is 342 g/mol. The van der Waals surface area contributed by atoms with E-state index in [1.807, 2.05) is 0 Å². The highest BCUT2D eigenvalue weighted by molar-refractivity contribution is 6.09. The molecule has 6 nitrogen and oxygen atoms in total. The van der Waals surface area contributed by atoms with Crippen LogP contribution in [0.5, 0.6) is 17.2 Å². The van der Waals surface area contributed by atoms with E-state index in [-0.39, 0.29) is 17.9 Å². The van der Waals surface area contributed by atoms with Gasteiger partial charge >= 0.3 is 5.97 Å². The minimum absolute atomic E-state index is 0.0343. The molecule has 1 aromatic heterocycles. The van der Waals surface area contributed by atoms with Gasteiger partial charge in [0.2, 0.25) is 0 Å². The number of hydrogen-bond acceptors (Lipinski definition) is 6. The van der Waals surface area contributed by atoms with Crippen LogP contribution in [-0.2, 0) is 4.74 Å². The summed E-state index contributed by atoms with van der Waals surface area (Å²) in [7, 11) is 3.08. The fraction of sp³-hybridized carbons (Fsp3) is 0.211. The van der Waals surface area contributed by atoms with Crippen LogP contribution in [0.1, 0.15) is 17.3 Å². The van der Waals surface area contributed by atoms with E-state index in [0.29, 0.717) is 33.8 Å². The van der Waals surface area contributed by atoms with Crippen LogP contribution >= 0.6 is 0 Å². The Kier molecular flexibility index (Phi) is 4.52. The predicted octanol–water partition coefficient (Wildman–Crippen LogP) is 4.00. The number of phenols is 1. The van der Waals surface area contributed by atoms with Crippen molar-refractivity contribution >= 4 is 16.9 Å². The van der Waals surface area contributed by atoms with Crippen molar-refractivity contribution in [2.75, 3.05) is 20.8 Å². The van der Waals surface area contributed by atoms with Crippen LogP contribution in [0.2, 0.25) is 0 Å². The largest absolute Gasteiger partial charge is 0.508 e. The molecule has 0 atom stereocenters. The Labute approximate surface area is 144 Å². The zero-order chi connectivity index (χ0) is 18.0. The molecule has 0 fully saturated rings. The van der Waals surface area contributed by atoms with Gasteiger partial charge in [0.05, 0.1) is 26.4 Å². The third kappa shape index (κ3) is 2.98. The van der Waals surface area contributed by atoms with Gasteiger partial charge in [-0.05, 0) is 37.3 Å². The van der Waals surface area contributed by atoms with E-state index in [1.165, 1.54) is 19.2 Å². The minimum atomic E-state index is -0.528. The van der Waals surface area contributed by atoms with Gasteiger partial charge in [0.1, 0.15) is 28.4 Å². The second kappa shape index (κ2) is 6.76. The number of carbonyl (C=O) groups is 1. The molecule has 2 aromatic carbocycles. The number of phenolic OH excluding ortho intramolecular Hbond substituents is 1. The number of methoxy groups -OCH3 is 2. The Morgan fingerprint density at radius 1 is 1.12 bits per heavy atom. The van der Waals surface area contributed by atoms with Crippen molar-refractivity contribution < 1.29 is 28.5 Å². The summed E-state index contributed by atoms with van der Waals surface area (Å²) in [6.07, 6.45) is 0. The summed E-state index contributed by atoms with van der Waals surface area (Å²) in [6.45, 7) is 1.95. The molecule has 0 aliphatic rings. The van der Waals surface area contributed by atoms with E-state index >= 15 is 0 Å². The molecule has 0 bridgehead atoms. The molecule has 0 radical (unpaired) electrons. The molecule has 1 heterocycles. The molecule has 3 rings (SSSR count). The Hall–Kier alpha value is -3.15. The number of ether oxygens (including phenoxy) is 3. The predicted molar refractivity (Wildman–Crippen MR) is 92.4 cm³/mol. The minimum Gasteiger partial charge on any atom is -0.508 e. The Balaban J connectivity index is 2.29. The molecule has 0 aliphatic carbocycles. The molecule has 0 aliphatic heterocycles. The third-order valence-electron chi connectivity index (χ3n) is 3.80. The van der Waals surface area contributed by atoms with Gasteiger partial charge in [-0.15, -0.1) is 0 Å². The summed E-state index contributed by atoms with van der Waals surface area (Å²) in [5.74, 6) is 0.936. The topological polar surface area (TPSA) is 78.1 Å². The van der Waals surface area contributed by atoms with Crippen LogP contribution in [0.25, 0.3) is 22.3 Å². The van der Waals surface area contributed by atoms with Crippen molar-refractivity contribution in [3.05, 3.63) is 42.0 Å². The number of furan rings is 1. The first kappa shape index (κ1) is 16.7. The molecule has 0 saturated carbocycles. The van der Waals surface area contributed by atoms with Crippen LogP contribution in [0.4, 0.5) is 0 Å². The van der Waals surface area contributed by atoms with Gasteiger partial charge in [-0.25, -0.2) is 4.79 Å². The van der Waals surface area contributed by atoms with Crippen molar-refractivity contribution in [1.82, 2.24) is 0 Å². The van der Waals surface area contributed by atoms with E-state index < -0.39 is 5.97 Å². The van der Waals surface area contributed by atoms with E-state index in [9.17, 15) is 9.90 Å². The van der Waals surface area contributed by atoms with Gasteiger partial charge in [0, 0.05) is 11.5 Å². The fourth-order valence-corrected chi connectivity index (χ4v) is 2.67. The van der Waals surface area contributed by atoms with Crippen LogP contribution < -0.4 is 9.47 Å². The average Bonchev–Trinajstić information content (AvgIpc) is 2.99. The summed E-state index contributed by atoms with van der Waals surface area (Å²) >= 11 is 0. The third-order valence-corrected chi connectivity index (χ3v) is 3.80. The summed E-state index contributed by atoms with van der Waals surface area (Å²) in [6, 6.07) is 9.78. The van der Waals surface area contributed by atoms with E-state index in [4.69, 9.17) is 18.6 Å². The summed E-state index contributed by atoms with van der Waals surface area (Å²) in [4.78, 5) is 12.5. The number of esters is 1. The first-order chi connectivity index (χ1) is 12.1. The van der Waals surface area contributed by atoms with Crippen molar-refractivity contribution in [3.63, 3.8) is 0 Å². The zero-order valence-corrected chi connectivity index (χ0v) is 14.2. The molecule has 1 N–H and O–H groups in total. The zero-order valence-electron chi connectivity index (χ0n) is 14.2. The van der Waals surface area contributed by atoms with Gasteiger partial charge in [0.15, 0.2) is 5.76 Å². The molecule has 0 amide bonds. The molecule has 25 heavy (non-hydrogen) atoms. The van der Waals surface area contributed by atoms with Gasteiger partial charge in [-0.2, -0.15) is 0 Å². The van der Waals surface area contributed by atoms with Gasteiger partial charge < -0.3 is 23.7 Å². The SMILES string of the molecule is CCOC(=O)c1c(-c2ccc(OC)cc2OC)oc2ccc(O)cc12. The number of benzene rings is 2. The standard InChI is InChI=1S/C19H18O6/c1-4-24-19(21)17-14-9-11(20)5-8-15(14)25-18(17)13-7-6-12(22-2)10-16(13)23-3/h5-10,20H,4H2,1-3H3. The van der Waals surface area contributed by atoms with E-state index in [1.54, 1.807) is 38.3 Å². The van der Waals surface area contributed by atoms with Crippen LogP contribution in [-0.4, -0.2) is 31.9 Å². The highest BCUT2D eigenvalue weighted by Crippen LogP contribution is 2.40. The maximum atomic E-state index is 12.5. The number of carbonyl (C=O) groups excluding carboxylic acids is 1. The molecular formula is C19H18O6. The quantitative estimate of drug-likeness (QED) is 0.706. The second-order valence-electron chi connectivity index (χ2n) is 5.27. The fourth-order valence-electron chi connectivity index (χ4n) is 2.67. The second-order valence-corrected chi connectivity index (χ2v) is 5.27. The smallest absolute Gasteiger partial charge is 0.342 e. The van der Waals surface area contributed by atoms with Gasteiger partial charge in [0.25, 0.3) is 0 Å². The molecule has 0 spiro atoms. The maximum Gasteiger partial charge on any atom is 0.342 e. The first-order valence-electron chi connectivity index (χ1n) is 7.74. The van der Waals surface area contributed by atoms with E-state index in [0.717, 1.165) is 0 Å². The van der Waals surface area contributed by atoms with Crippen LogP contribution in [0, 0.1) is 0 Å². The van der Waals surface area contributed by atoms with Gasteiger partial charge in [-0.1, -0.05) is 0 Å². The number of hydrogen-bond donors (Lipinski definition) is 1. The highest BCUT2D eigenvalue weighted by Gasteiger charge is 2.25. The number of fused-ring (bicyclic) bond motifs is 1. The van der Waals surface area contributed by atoms with Crippen molar-refractivity contribution in [1.29, 1.82) is 0 Å². The van der Waals surface area contributed by atoms with Crippen molar-refractivity contribution in [3.8, 4) is 28.6 Å². The lowest BCUT2D eigenvalue weighted by Crippen LogP contribution is -2.05. The van der Waals surface area contributed by atoms with Crippen molar-refractivity contribution in [2.45, 2.75) is 6.92 Å². The Morgan fingerprint density at radius 2 is 1.92 bits per heavy atom. The lowest BCUT2D eigenvalue weighted by Gasteiger charge is -2.10. The molecule has 6 heteroatoms. The summed E-state index contributed by atoms with van der Waals surface area (Å²) < 4.78 is 21.7. The highest BCUT2D eigenvalue weighted by atomic mass is 16.5. The lowest BCUT2D eigenvalue weighted by atomic mass is 10.0. The number of aromatic hydroxyl groups is 1. The number of rotatable bonds is 5. The van der Waals surface area contributed by atoms with Crippen LogP contribution in [0.3, 0.4) is 0 Å². The normalized spacial score (nSPS) is 10.7. The summed E-state index contributed by atoms with van der Waals surface area (Å²) in [5, 5.41) is 10.3. The monoisotopic (exact) mass is 342 g/mol. The molecule has 130 valence electrons. The summed E-state index contributed by atoms with van der Waals surface area (Å²) in [5.41, 5.74) is 1.30. The van der Waals surface area contributed by atoms with Crippen LogP contribution in [0.15, 0.2) is 40.8 Å². The Bertz CT molecular complexity index is 925. The van der Waals surface area contributed by atoms with E-state index in [2.05, 4.69) is 0 Å². The molecule has 3 aromatic rings. The molecule has 0 saturated heterocycles. The van der Waals surface area contributed by atoms with Crippen molar-refractivity contribution in [2.24, 2.45) is 0 Å². The Morgan fingerprint density at radius 3 is 2.60 bits per heavy atom.